The van der Waals surface area contributed by atoms with E-state index in [1.54, 1.807) is 19.9 Å². The van der Waals surface area contributed by atoms with Crippen molar-refractivity contribution in [2.45, 2.75) is 25.9 Å². The summed E-state index contributed by atoms with van der Waals surface area (Å²) in [6.45, 7) is 3.52. The first kappa shape index (κ1) is 10.6. The molecule has 0 bridgehead atoms. The van der Waals surface area contributed by atoms with E-state index >= 15 is 0 Å². The maximum absolute atomic E-state index is 13.4. The molecule has 0 unspecified atom stereocenters. The number of aliphatic hydroxyl groups is 1. The average Bonchev–Trinajstić information content (AvgIpc) is 2.48. The zero-order valence-corrected chi connectivity index (χ0v) is 9.57. The van der Waals surface area contributed by atoms with Gasteiger partial charge in [-0.2, -0.15) is 0 Å². The lowest BCUT2D eigenvalue weighted by atomic mass is 9.98. The third-order valence-corrected chi connectivity index (χ3v) is 3.31. The number of thiophene rings is 1. The van der Waals surface area contributed by atoms with Gasteiger partial charge in [0.25, 0.3) is 0 Å². The summed E-state index contributed by atoms with van der Waals surface area (Å²) in [5.41, 5.74) is 0.266. The molecule has 2 aromatic rings. The molecule has 0 aliphatic rings. The minimum Gasteiger partial charge on any atom is -0.390 e. The van der Waals surface area contributed by atoms with Gasteiger partial charge in [-0.25, -0.2) is 4.39 Å². The van der Waals surface area contributed by atoms with Crippen LogP contribution in [0.2, 0.25) is 0 Å². The van der Waals surface area contributed by atoms with Crippen LogP contribution in [-0.4, -0.2) is 10.7 Å². The van der Waals surface area contributed by atoms with Crippen LogP contribution in [0.3, 0.4) is 0 Å². The Morgan fingerprint density at radius 2 is 2.13 bits per heavy atom. The van der Waals surface area contributed by atoms with Gasteiger partial charge < -0.3 is 5.11 Å². The largest absolute Gasteiger partial charge is 0.390 e. The Morgan fingerprint density at radius 1 is 1.40 bits per heavy atom. The fourth-order valence-electron chi connectivity index (χ4n) is 1.68. The molecule has 2 rings (SSSR count). The Kier molecular flexibility index (Phi) is 2.52. The highest BCUT2D eigenvalue weighted by Crippen LogP contribution is 2.30. The summed E-state index contributed by atoms with van der Waals surface area (Å²) in [4.78, 5) is 0. The van der Waals surface area contributed by atoms with E-state index in [0.29, 0.717) is 11.1 Å². The molecule has 0 spiro atoms. The first-order valence-electron chi connectivity index (χ1n) is 4.84. The van der Waals surface area contributed by atoms with E-state index in [0.717, 1.165) is 10.9 Å². The van der Waals surface area contributed by atoms with E-state index < -0.39 is 5.60 Å². The van der Waals surface area contributed by atoms with Gasteiger partial charge in [0.15, 0.2) is 0 Å². The van der Waals surface area contributed by atoms with Crippen molar-refractivity contribution >= 4 is 21.4 Å². The molecule has 0 saturated heterocycles. The second kappa shape index (κ2) is 3.58. The molecule has 1 heterocycles. The average molecular weight is 224 g/mol. The molecule has 0 atom stereocenters. The first-order valence-corrected chi connectivity index (χ1v) is 5.72. The molecule has 1 aromatic heterocycles. The van der Waals surface area contributed by atoms with Crippen LogP contribution in [0.25, 0.3) is 10.1 Å². The normalized spacial score (nSPS) is 12.3. The van der Waals surface area contributed by atoms with Gasteiger partial charge in [-0.05, 0) is 36.2 Å². The molecule has 1 aromatic carbocycles. The molecule has 0 amide bonds. The Morgan fingerprint density at radius 3 is 2.80 bits per heavy atom. The minimum absolute atomic E-state index is 0.181. The molecule has 0 radical (unpaired) electrons. The van der Waals surface area contributed by atoms with E-state index in [2.05, 4.69) is 0 Å². The fraction of sp³-hybridized carbons (Fsp3) is 0.333. The van der Waals surface area contributed by atoms with Gasteiger partial charge in [0.1, 0.15) is 5.82 Å². The van der Waals surface area contributed by atoms with Crippen LogP contribution in [0.5, 0.6) is 0 Å². The molecular weight excluding hydrogens is 211 g/mol. The Balaban J connectivity index is 2.50. The highest BCUT2D eigenvalue weighted by atomic mass is 32.1. The minimum atomic E-state index is -0.750. The maximum Gasteiger partial charge on any atom is 0.140 e. The van der Waals surface area contributed by atoms with Crippen LogP contribution < -0.4 is 0 Å². The number of hydrogen-bond acceptors (Lipinski definition) is 2. The molecule has 1 nitrogen and oxygen atoms in total. The zero-order chi connectivity index (χ0) is 11.1. The van der Waals surface area contributed by atoms with Crippen LogP contribution in [-0.2, 0) is 6.42 Å². The summed E-state index contributed by atoms with van der Waals surface area (Å²) in [7, 11) is 0. The van der Waals surface area contributed by atoms with Gasteiger partial charge >= 0.3 is 0 Å². The summed E-state index contributed by atoms with van der Waals surface area (Å²) in [5.74, 6) is -0.181. The summed E-state index contributed by atoms with van der Waals surface area (Å²) in [5, 5.41) is 12.6. The van der Waals surface area contributed by atoms with Gasteiger partial charge in [-0.15, -0.1) is 11.3 Å². The van der Waals surface area contributed by atoms with Crippen LogP contribution in [0, 0.1) is 5.82 Å². The molecular formula is C12H13FOS. The van der Waals surface area contributed by atoms with Gasteiger partial charge in [0.2, 0.25) is 0 Å². The van der Waals surface area contributed by atoms with Gasteiger partial charge in [0.05, 0.1) is 10.3 Å². The lowest BCUT2D eigenvalue weighted by Crippen LogP contribution is -2.21. The number of fused-ring (bicyclic) bond motifs is 1. The van der Waals surface area contributed by atoms with E-state index in [4.69, 9.17) is 0 Å². The predicted molar refractivity (Wildman–Crippen MR) is 61.8 cm³/mol. The van der Waals surface area contributed by atoms with Crippen LogP contribution >= 0.6 is 11.3 Å². The van der Waals surface area contributed by atoms with Crippen LogP contribution in [0.15, 0.2) is 23.6 Å². The van der Waals surface area contributed by atoms with Crippen molar-refractivity contribution in [2.75, 3.05) is 0 Å². The molecule has 80 valence electrons. The Labute approximate surface area is 92.2 Å². The third kappa shape index (κ3) is 2.19. The maximum atomic E-state index is 13.4. The lowest BCUT2D eigenvalue weighted by Gasteiger charge is -2.16. The lowest BCUT2D eigenvalue weighted by molar-refractivity contribution is 0.0814. The fourth-order valence-corrected chi connectivity index (χ4v) is 2.66. The van der Waals surface area contributed by atoms with Crippen LogP contribution in [0.1, 0.15) is 19.4 Å². The highest BCUT2D eigenvalue weighted by molar-refractivity contribution is 7.17. The van der Waals surface area contributed by atoms with E-state index in [1.807, 2.05) is 11.4 Å². The van der Waals surface area contributed by atoms with Crippen LogP contribution in [0.4, 0.5) is 4.39 Å². The second-order valence-electron chi connectivity index (χ2n) is 4.37. The Hall–Kier alpha value is -0.930. The van der Waals surface area contributed by atoms with E-state index in [1.165, 1.54) is 17.4 Å². The van der Waals surface area contributed by atoms with E-state index in [9.17, 15) is 9.50 Å². The second-order valence-corrected chi connectivity index (χ2v) is 5.25. The molecule has 0 saturated carbocycles. The molecule has 0 fully saturated rings. The number of rotatable bonds is 2. The summed E-state index contributed by atoms with van der Waals surface area (Å²) in [6, 6.07) is 5.07. The standard InChI is InChI=1S/C12H13FOS/c1-12(2,14)6-8-7-15-11-9(8)4-3-5-10(11)13/h3-5,7,14H,6H2,1-2H3. The molecule has 0 aliphatic carbocycles. The van der Waals surface area contributed by atoms with Crippen molar-refractivity contribution in [3.63, 3.8) is 0 Å². The SMILES string of the molecule is CC(C)(O)Cc1csc2c(F)cccc12. The number of halogens is 1. The summed E-state index contributed by atoms with van der Waals surface area (Å²) >= 11 is 1.40. The smallest absolute Gasteiger partial charge is 0.140 e. The summed E-state index contributed by atoms with van der Waals surface area (Å²) < 4.78 is 14.1. The van der Waals surface area contributed by atoms with Crippen molar-refractivity contribution in [1.29, 1.82) is 0 Å². The number of benzene rings is 1. The van der Waals surface area contributed by atoms with Gasteiger partial charge in [-0.3, -0.25) is 0 Å². The summed E-state index contributed by atoms with van der Waals surface area (Å²) in [6.07, 6.45) is 0.552. The van der Waals surface area contributed by atoms with Gasteiger partial charge in [-0.1, -0.05) is 12.1 Å². The monoisotopic (exact) mass is 224 g/mol. The molecule has 1 N–H and O–H groups in total. The van der Waals surface area contributed by atoms with E-state index in [-0.39, 0.29) is 5.82 Å². The quantitative estimate of drug-likeness (QED) is 0.829. The topological polar surface area (TPSA) is 20.2 Å². The zero-order valence-electron chi connectivity index (χ0n) is 8.75. The molecule has 15 heavy (non-hydrogen) atoms. The number of hydrogen-bond donors (Lipinski definition) is 1. The van der Waals surface area contributed by atoms with Crippen molar-refractivity contribution in [3.8, 4) is 0 Å². The van der Waals surface area contributed by atoms with Crippen molar-refractivity contribution in [2.24, 2.45) is 0 Å². The molecule has 3 heteroatoms. The predicted octanol–water partition coefficient (Wildman–Crippen LogP) is 3.35. The van der Waals surface area contributed by atoms with Crippen molar-refractivity contribution < 1.29 is 9.50 Å². The first-order chi connectivity index (χ1) is 6.97. The van der Waals surface area contributed by atoms with Crippen molar-refractivity contribution in [1.82, 2.24) is 0 Å². The highest BCUT2D eigenvalue weighted by Gasteiger charge is 2.17. The third-order valence-electron chi connectivity index (χ3n) is 2.26. The molecule has 0 aliphatic heterocycles. The van der Waals surface area contributed by atoms with Crippen molar-refractivity contribution in [3.05, 3.63) is 35.0 Å². The Bertz CT molecular complexity index is 482. The van der Waals surface area contributed by atoms with Gasteiger partial charge in [0, 0.05) is 6.42 Å².